The fourth-order valence-corrected chi connectivity index (χ4v) is 5.25. The molecule has 0 spiro atoms. The van der Waals surface area contributed by atoms with Gasteiger partial charge >= 0.3 is 0 Å². The van der Waals surface area contributed by atoms with E-state index < -0.39 is 10.1 Å². The molecule has 30 heavy (non-hydrogen) atoms. The first-order valence-electron chi connectivity index (χ1n) is 12.5. The summed E-state index contributed by atoms with van der Waals surface area (Å²) in [4.78, 5) is 0.191. The molecule has 174 valence electrons. The molecule has 0 atom stereocenters. The highest BCUT2D eigenvalue weighted by Gasteiger charge is 2.23. The van der Waals surface area contributed by atoms with E-state index in [2.05, 4.69) is 27.7 Å². The molecule has 0 saturated heterocycles. The molecular formula is C26H46O3S. The minimum Gasteiger partial charge on any atom is -0.282 e. The molecule has 0 aliphatic carbocycles. The molecule has 0 heterocycles. The minimum absolute atomic E-state index is 0.191. The van der Waals surface area contributed by atoms with E-state index in [1.807, 2.05) is 6.07 Å². The van der Waals surface area contributed by atoms with E-state index in [4.69, 9.17) is 0 Å². The maximum atomic E-state index is 12.4. The topological polar surface area (TPSA) is 54.4 Å². The van der Waals surface area contributed by atoms with Crippen molar-refractivity contribution in [1.82, 2.24) is 0 Å². The zero-order chi connectivity index (χ0) is 22.4. The van der Waals surface area contributed by atoms with Crippen LogP contribution >= 0.6 is 0 Å². The van der Waals surface area contributed by atoms with Gasteiger partial charge in [0.1, 0.15) is 0 Å². The average molecular weight is 439 g/mol. The van der Waals surface area contributed by atoms with Crippen LogP contribution in [0.1, 0.15) is 127 Å². The van der Waals surface area contributed by atoms with Gasteiger partial charge in [-0.3, -0.25) is 4.55 Å². The average Bonchev–Trinajstić information content (AvgIpc) is 2.70. The minimum atomic E-state index is -4.22. The van der Waals surface area contributed by atoms with Crippen molar-refractivity contribution in [2.75, 3.05) is 0 Å². The first kappa shape index (κ1) is 27.2. The second-order valence-corrected chi connectivity index (χ2v) is 10.2. The monoisotopic (exact) mass is 438 g/mol. The van der Waals surface area contributed by atoms with Crippen LogP contribution in [0.2, 0.25) is 0 Å². The lowest BCUT2D eigenvalue weighted by molar-refractivity contribution is 0.481. The molecule has 1 aromatic carbocycles. The third-order valence-electron chi connectivity index (χ3n) is 6.14. The van der Waals surface area contributed by atoms with E-state index >= 15 is 0 Å². The van der Waals surface area contributed by atoms with Gasteiger partial charge in [0.05, 0.1) is 4.90 Å². The number of rotatable bonds is 17. The van der Waals surface area contributed by atoms with Crippen LogP contribution in [0, 0.1) is 0 Å². The molecule has 0 aliphatic rings. The fourth-order valence-electron chi connectivity index (χ4n) is 4.42. The maximum absolute atomic E-state index is 12.4. The van der Waals surface area contributed by atoms with Gasteiger partial charge in [-0.25, -0.2) is 0 Å². The molecule has 3 nitrogen and oxygen atoms in total. The second-order valence-electron chi connectivity index (χ2n) is 8.77. The Kier molecular flexibility index (Phi) is 13.6. The Balaban J connectivity index is 3.54. The van der Waals surface area contributed by atoms with E-state index in [1.165, 1.54) is 24.0 Å². The lowest BCUT2D eigenvalue weighted by Gasteiger charge is -2.22. The summed E-state index contributed by atoms with van der Waals surface area (Å²) in [6.07, 6.45) is 17.1. The summed E-state index contributed by atoms with van der Waals surface area (Å²) >= 11 is 0. The standard InChI is InChI=1S/C26H46O3S/c1-5-9-13-17-22-21-26(30(27,28)29)25(20-16-12-8-4)24(19-15-11-7-3)23(22)18-14-10-6-2/h21H,5-20H2,1-4H3,(H,27,28,29). The van der Waals surface area contributed by atoms with E-state index in [0.29, 0.717) is 0 Å². The number of hydrogen-bond donors (Lipinski definition) is 1. The van der Waals surface area contributed by atoms with Crippen molar-refractivity contribution in [3.8, 4) is 0 Å². The van der Waals surface area contributed by atoms with Gasteiger partial charge in [-0.15, -0.1) is 0 Å². The second kappa shape index (κ2) is 15.0. The highest BCUT2D eigenvalue weighted by Crippen LogP contribution is 2.32. The Hall–Kier alpha value is -0.870. The van der Waals surface area contributed by atoms with Crippen LogP contribution in [0.4, 0.5) is 0 Å². The Labute approximate surface area is 186 Å². The van der Waals surface area contributed by atoms with Crippen molar-refractivity contribution < 1.29 is 13.0 Å². The maximum Gasteiger partial charge on any atom is 0.294 e. The van der Waals surface area contributed by atoms with Gasteiger partial charge in [-0.2, -0.15) is 8.42 Å². The van der Waals surface area contributed by atoms with Crippen molar-refractivity contribution in [3.63, 3.8) is 0 Å². The van der Waals surface area contributed by atoms with E-state index in [9.17, 15) is 13.0 Å². The molecule has 0 radical (unpaired) electrons. The summed E-state index contributed by atoms with van der Waals surface area (Å²) in [5, 5.41) is 0. The third-order valence-corrected chi connectivity index (χ3v) is 7.06. The molecule has 4 heteroatoms. The quantitative estimate of drug-likeness (QED) is 0.199. The van der Waals surface area contributed by atoms with Gasteiger partial charge in [0, 0.05) is 0 Å². The van der Waals surface area contributed by atoms with Crippen LogP contribution in [-0.4, -0.2) is 13.0 Å². The van der Waals surface area contributed by atoms with Crippen LogP contribution in [0.15, 0.2) is 11.0 Å². The van der Waals surface area contributed by atoms with Crippen molar-refractivity contribution in [2.24, 2.45) is 0 Å². The van der Waals surface area contributed by atoms with E-state index in [0.717, 1.165) is 101 Å². The van der Waals surface area contributed by atoms with Crippen LogP contribution < -0.4 is 0 Å². The molecule has 0 aliphatic heterocycles. The zero-order valence-corrected chi connectivity index (χ0v) is 20.9. The Morgan fingerprint density at radius 2 is 1.00 bits per heavy atom. The molecule has 0 fully saturated rings. The van der Waals surface area contributed by atoms with Crippen molar-refractivity contribution >= 4 is 10.1 Å². The smallest absolute Gasteiger partial charge is 0.282 e. The molecule has 0 unspecified atom stereocenters. The number of aryl methyl sites for hydroxylation is 1. The van der Waals surface area contributed by atoms with E-state index in [-0.39, 0.29) is 4.90 Å². The van der Waals surface area contributed by atoms with Crippen LogP contribution in [0.25, 0.3) is 0 Å². The predicted molar refractivity (Wildman–Crippen MR) is 129 cm³/mol. The van der Waals surface area contributed by atoms with Crippen LogP contribution in [0.3, 0.4) is 0 Å². The molecule has 0 bridgehead atoms. The lowest BCUT2D eigenvalue weighted by Crippen LogP contribution is -2.13. The first-order chi connectivity index (χ1) is 14.4. The summed E-state index contributed by atoms with van der Waals surface area (Å²) in [5.74, 6) is 0. The Morgan fingerprint density at radius 1 is 0.600 bits per heavy atom. The van der Waals surface area contributed by atoms with Crippen molar-refractivity contribution in [1.29, 1.82) is 0 Å². The summed E-state index contributed by atoms with van der Waals surface area (Å²) in [6.45, 7) is 8.79. The summed E-state index contributed by atoms with van der Waals surface area (Å²) < 4.78 is 34.9. The van der Waals surface area contributed by atoms with Gasteiger partial charge in [0.25, 0.3) is 10.1 Å². The van der Waals surface area contributed by atoms with Gasteiger partial charge in [0.15, 0.2) is 0 Å². The van der Waals surface area contributed by atoms with Gasteiger partial charge in [-0.1, -0.05) is 79.1 Å². The van der Waals surface area contributed by atoms with Crippen LogP contribution in [-0.2, 0) is 35.8 Å². The van der Waals surface area contributed by atoms with E-state index in [1.54, 1.807) is 0 Å². The SMILES string of the molecule is CCCCCc1cc(S(=O)(=O)O)c(CCCCC)c(CCCCC)c1CCCCC. The molecule has 0 amide bonds. The Morgan fingerprint density at radius 3 is 1.43 bits per heavy atom. The summed E-state index contributed by atoms with van der Waals surface area (Å²) in [6, 6.07) is 1.83. The molecular weight excluding hydrogens is 392 g/mol. The normalized spacial score (nSPS) is 11.9. The Bertz CT molecular complexity index is 707. The summed E-state index contributed by atoms with van der Waals surface area (Å²) in [7, 11) is -4.22. The highest BCUT2D eigenvalue weighted by atomic mass is 32.2. The van der Waals surface area contributed by atoms with Crippen molar-refractivity contribution in [2.45, 2.75) is 135 Å². The number of benzene rings is 1. The number of hydrogen-bond acceptors (Lipinski definition) is 2. The van der Waals surface area contributed by atoms with Crippen LogP contribution in [0.5, 0.6) is 0 Å². The lowest BCUT2D eigenvalue weighted by atomic mass is 9.85. The first-order valence-corrected chi connectivity index (χ1v) is 14.0. The molecule has 0 saturated carbocycles. The molecule has 0 aromatic heterocycles. The van der Waals surface area contributed by atoms with Gasteiger partial charge < -0.3 is 0 Å². The molecule has 1 N–H and O–H groups in total. The molecule has 1 aromatic rings. The third kappa shape index (κ3) is 9.09. The predicted octanol–water partition coefficient (Wildman–Crippen LogP) is 7.86. The fraction of sp³-hybridized carbons (Fsp3) is 0.769. The van der Waals surface area contributed by atoms with Gasteiger partial charge in [0.2, 0.25) is 0 Å². The number of unbranched alkanes of at least 4 members (excludes halogenated alkanes) is 8. The summed E-state index contributed by atoms with van der Waals surface area (Å²) in [5.41, 5.74) is 4.72. The highest BCUT2D eigenvalue weighted by molar-refractivity contribution is 7.85. The zero-order valence-electron chi connectivity index (χ0n) is 20.1. The largest absolute Gasteiger partial charge is 0.294 e. The van der Waals surface area contributed by atoms with Crippen molar-refractivity contribution in [3.05, 3.63) is 28.3 Å². The molecule has 1 rings (SSSR count). The van der Waals surface area contributed by atoms with Gasteiger partial charge in [-0.05, 0) is 79.7 Å².